The number of aliphatic hydroxyl groups excluding tert-OH is 1. The fourth-order valence-electron chi connectivity index (χ4n) is 3.44. The maximum absolute atomic E-state index is 13.0. The van der Waals surface area contributed by atoms with Crippen LogP contribution in [0.25, 0.3) is 4.96 Å². The summed E-state index contributed by atoms with van der Waals surface area (Å²) in [5, 5.41) is 14.6. The number of likely N-dealkylation sites (tertiary alicyclic amines) is 1. The number of aromatic nitrogens is 2. The summed E-state index contributed by atoms with van der Waals surface area (Å²) in [5.41, 5.74) is 1.76. The third-order valence-corrected chi connectivity index (χ3v) is 5.58. The quantitative estimate of drug-likeness (QED) is 0.702. The van der Waals surface area contributed by atoms with Gasteiger partial charge in [0.2, 0.25) is 0 Å². The number of hydrogen-bond acceptors (Lipinski definition) is 6. The van der Waals surface area contributed by atoms with Crippen molar-refractivity contribution < 1.29 is 9.90 Å². The van der Waals surface area contributed by atoms with Gasteiger partial charge in [-0.3, -0.25) is 14.0 Å². The lowest BCUT2D eigenvalue weighted by atomic mass is 10.1. The number of carbonyl (C=O) groups is 1. The van der Waals surface area contributed by atoms with Crippen molar-refractivity contribution in [1.29, 1.82) is 0 Å². The van der Waals surface area contributed by atoms with Gasteiger partial charge in [-0.1, -0.05) is 12.1 Å². The van der Waals surface area contributed by atoms with Crippen molar-refractivity contribution in [3.63, 3.8) is 0 Å². The lowest BCUT2D eigenvalue weighted by Crippen LogP contribution is -2.37. The molecule has 0 bridgehead atoms. The molecule has 7 nitrogen and oxygen atoms in total. The summed E-state index contributed by atoms with van der Waals surface area (Å²) in [4.78, 5) is 31.9. The fraction of sp³-hybridized carbons (Fsp3) is 0.316. The molecule has 1 unspecified atom stereocenters. The molecule has 0 aliphatic carbocycles. The molecule has 27 heavy (non-hydrogen) atoms. The third-order valence-electron chi connectivity index (χ3n) is 4.82. The number of nitrogens with zero attached hydrogens (tertiary/aromatic N) is 3. The number of benzene rings is 1. The number of aliphatic hydroxyl groups is 1. The molecule has 1 aliphatic rings. The summed E-state index contributed by atoms with van der Waals surface area (Å²) in [6, 6.07) is 8.69. The van der Waals surface area contributed by atoms with E-state index < -0.39 is 0 Å². The van der Waals surface area contributed by atoms with Gasteiger partial charge < -0.3 is 15.3 Å². The Labute approximate surface area is 159 Å². The summed E-state index contributed by atoms with van der Waals surface area (Å²) in [7, 11) is 0. The molecule has 0 radical (unpaired) electrons. The highest BCUT2D eigenvalue weighted by Crippen LogP contribution is 2.24. The van der Waals surface area contributed by atoms with E-state index in [2.05, 4.69) is 10.3 Å². The van der Waals surface area contributed by atoms with Gasteiger partial charge in [-0.05, 0) is 25.0 Å². The Morgan fingerprint density at radius 2 is 2.22 bits per heavy atom. The average molecular weight is 384 g/mol. The fourth-order valence-corrected chi connectivity index (χ4v) is 4.17. The van der Waals surface area contributed by atoms with Crippen LogP contribution in [0.3, 0.4) is 0 Å². The molecular formula is C19H20N4O3S. The lowest BCUT2D eigenvalue weighted by molar-refractivity contribution is 0.0678. The number of rotatable bonds is 5. The smallest absolute Gasteiger partial charge is 0.258 e. The molecule has 4 rings (SSSR count). The number of para-hydroxylation sites is 1. The Balaban J connectivity index is 1.55. The van der Waals surface area contributed by atoms with E-state index in [4.69, 9.17) is 0 Å². The highest BCUT2D eigenvalue weighted by molar-refractivity contribution is 7.15. The molecule has 2 N–H and O–H groups in total. The van der Waals surface area contributed by atoms with E-state index in [9.17, 15) is 14.7 Å². The summed E-state index contributed by atoms with van der Waals surface area (Å²) >= 11 is 1.40. The Morgan fingerprint density at radius 1 is 1.37 bits per heavy atom. The van der Waals surface area contributed by atoms with Gasteiger partial charge in [-0.25, -0.2) is 4.98 Å². The average Bonchev–Trinajstić information content (AvgIpc) is 3.35. The third kappa shape index (κ3) is 3.45. The predicted molar refractivity (Wildman–Crippen MR) is 104 cm³/mol. The van der Waals surface area contributed by atoms with Crippen molar-refractivity contribution in [3.8, 4) is 0 Å². The van der Waals surface area contributed by atoms with E-state index in [0.717, 1.165) is 12.8 Å². The van der Waals surface area contributed by atoms with Gasteiger partial charge in [0.25, 0.3) is 11.5 Å². The number of fused-ring (bicyclic) bond motifs is 1. The Morgan fingerprint density at radius 3 is 3.07 bits per heavy atom. The minimum absolute atomic E-state index is 0.0178. The van der Waals surface area contributed by atoms with Crippen LogP contribution >= 0.6 is 11.3 Å². The first-order valence-electron chi connectivity index (χ1n) is 8.88. The number of amides is 1. The first-order chi connectivity index (χ1) is 13.2. The van der Waals surface area contributed by atoms with Crippen molar-refractivity contribution in [2.75, 3.05) is 18.5 Å². The predicted octanol–water partition coefficient (Wildman–Crippen LogP) is 1.96. The molecule has 2 aromatic heterocycles. The van der Waals surface area contributed by atoms with E-state index in [-0.39, 0.29) is 24.1 Å². The molecule has 1 fully saturated rings. The molecule has 3 aromatic rings. The normalized spacial score (nSPS) is 16.8. The van der Waals surface area contributed by atoms with Gasteiger partial charge in [0.05, 0.1) is 30.5 Å². The van der Waals surface area contributed by atoms with Gasteiger partial charge in [-0.15, -0.1) is 11.3 Å². The van der Waals surface area contributed by atoms with Crippen molar-refractivity contribution in [1.82, 2.24) is 14.3 Å². The van der Waals surface area contributed by atoms with E-state index >= 15 is 0 Å². The minimum Gasteiger partial charge on any atom is -0.394 e. The topological polar surface area (TPSA) is 86.9 Å². The second-order valence-corrected chi connectivity index (χ2v) is 7.39. The number of thiazole rings is 1. The minimum atomic E-state index is -0.120. The number of hydrogen-bond donors (Lipinski definition) is 2. The molecule has 0 saturated carbocycles. The number of nitrogens with one attached hydrogen (secondary N) is 1. The molecule has 1 aliphatic heterocycles. The largest absolute Gasteiger partial charge is 0.394 e. The van der Waals surface area contributed by atoms with Crippen LogP contribution in [0, 0.1) is 0 Å². The zero-order chi connectivity index (χ0) is 18.8. The summed E-state index contributed by atoms with van der Waals surface area (Å²) in [6.07, 6.45) is 3.43. The van der Waals surface area contributed by atoms with E-state index in [0.29, 0.717) is 35.0 Å². The van der Waals surface area contributed by atoms with Gasteiger partial charge in [0.1, 0.15) is 0 Å². The van der Waals surface area contributed by atoms with Crippen LogP contribution in [0.1, 0.15) is 28.9 Å². The molecule has 1 amide bonds. The first kappa shape index (κ1) is 17.7. The summed E-state index contributed by atoms with van der Waals surface area (Å²) < 4.78 is 1.51. The molecule has 140 valence electrons. The molecule has 0 spiro atoms. The molecule has 8 heteroatoms. The zero-order valence-electron chi connectivity index (χ0n) is 14.7. The highest BCUT2D eigenvalue weighted by Gasteiger charge is 2.29. The highest BCUT2D eigenvalue weighted by atomic mass is 32.1. The summed E-state index contributed by atoms with van der Waals surface area (Å²) in [5.74, 6) is -0.0867. The van der Waals surface area contributed by atoms with E-state index in [1.54, 1.807) is 17.2 Å². The van der Waals surface area contributed by atoms with Crippen LogP contribution in [0.5, 0.6) is 0 Å². The van der Waals surface area contributed by atoms with Crippen molar-refractivity contribution in [2.45, 2.75) is 25.4 Å². The van der Waals surface area contributed by atoms with Gasteiger partial charge in [0, 0.05) is 29.9 Å². The van der Waals surface area contributed by atoms with Crippen molar-refractivity contribution in [3.05, 3.63) is 63.5 Å². The second kappa shape index (κ2) is 7.50. The molecule has 1 aromatic carbocycles. The van der Waals surface area contributed by atoms with Crippen LogP contribution in [0.4, 0.5) is 5.69 Å². The monoisotopic (exact) mass is 384 g/mol. The van der Waals surface area contributed by atoms with Crippen LogP contribution in [0.2, 0.25) is 0 Å². The van der Waals surface area contributed by atoms with E-state index in [1.807, 2.05) is 23.6 Å². The van der Waals surface area contributed by atoms with Gasteiger partial charge >= 0.3 is 0 Å². The maximum atomic E-state index is 13.0. The number of carbonyl (C=O) groups excluding carboxylic acids is 1. The second-order valence-electron chi connectivity index (χ2n) is 6.52. The molecule has 1 saturated heterocycles. The summed E-state index contributed by atoms with van der Waals surface area (Å²) in [6.45, 7) is 0.985. The Bertz CT molecular complexity index is 1030. The molecule has 3 heterocycles. The zero-order valence-corrected chi connectivity index (χ0v) is 15.5. The van der Waals surface area contributed by atoms with Crippen LogP contribution < -0.4 is 10.9 Å². The van der Waals surface area contributed by atoms with Crippen LogP contribution in [-0.4, -0.2) is 44.5 Å². The van der Waals surface area contributed by atoms with Gasteiger partial charge in [-0.2, -0.15) is 0 Å². The van der Waals surface area contributed by atoms with Crippen molar-refractivity contribution >= 4 is 27.9 Å². The Kier molecular flexibility index (Phi) is 4.91. The van der Waals surface area contributed by atoms with Crippen LogP contribution in [0.15, 0.2) is 46.7 Å². The van der Waals surface area contributed by atoms with E-state index in [1.165, 1.54) is 21.8 Å². The molecule has 1 atom stereocenters. The lowest BCUT2D eigenvalue weighted by Gasteiger charge is -2.24. The standard InChI is InChI=1S/C19H20N4O3S/c24-12-14-4-3-7-22(14)18(26)15-5-1-2-6-16(15)20-11-13-10-17(25)23-8-9-27-19(23)21-13/h1-2,5-6,8-10,14,20,24H,3-4,7,11-12H2. The van der Waals surface area contributed by atoms with Crippen molar-refractivity contribution in [2.24, 2.45) is 0 Å². The first-order valence-corrected chi connectivity index (χ1v) is 9.76. The molecular weight excluding hydrogens is 364 g/mol. The van der Waals surface area contributed by atoms with Gasteiger partial charge in [0.15, 0.2) is 4.96 Å². The van der Waals surface area contributed by atoms with Crippen LogP contribution in [-0.2, 0) is 6.54 Å². The SMILES string of the molecule is O=C(c1ccccc1NCc1cc(=O)n2ccsc2n1)N1CCCC1CO. The Hall–Kier alpha value is -2.71. The number of anilines is 1. The maximum Gasteiger partial charge on any atom is 0.258 e.